The Morgan fingerprint density at radius 2 is 0.767 bits per heavy atom. The third-order valence-corrected chi connectivity index (χ3v) is 25.7. The number of nitrogen functional groups attached to an aromatic ring is 1. The molecule has 0 unspecified atom stereocenters. The number of halogens is 3. The smallest absolute Gasteiger partial charge is 0.270 e. The highest BCUT2D eigenvalue weighted by Crippen LogP contribution is 2.33. The van der Waals surface area contributed by atoms with Gasteiger partial charge in [-0.15, -0.1) is 34.0 Å². The van der Waals surface area contributed by atoms with Gasteiger partial charge in [0, 0.05) is 106 Å². The minimum atomic E-state index is -3.52. The number of rotatable bonds is 13. The maximum atomic E-state index is 12.7. The fraction of sp³-hybridized carbons (Fsp3) is 0.328. The Morgan fingerprint density at radius 1 is 0.456 bits per heavy atom. The van der Waals surface area contributed by atoms with Crippen molar-refractivity contribution in [2.45, 2.75) is 71.0 Å². The molecule has 7 N–H and O–H groups in total. The molecule has 5 aromatic carbocycles. The van der Waals surface area contributed by atoms with E-state index in [0.29, 0.717) is 71.5 Å². The van der Waals surface area contributed by atoms with Crippen molar-refractivity contribution < 1.29 is 40.6 Å². The Kier molecular flexibility index (Phi) is 25.5. The molecule has 0 spiro atoms. The lowest BCUT2D eigenvalue weighted by Gasteiger charge is -2.35. The van der Waals surface area contributed by atoms with Crippen molar-refractivity contribution in [3.05, 3.63) is 205 Å². The van der Waals surface area contributed by atoms with E-state index >= 15 is 0 Å². The molecular formula is C64H77Br2ClN8O9S6. The van der Waals surface area contributed by atoms with E-state index in [-0.39, 0.29) is 4.21 Å². The van der Waals surface area contributed by atoms with Crippen molar-refractivity contribution in [1.29, 1.82) is 5.41 Å². The van der Waals surface area contributed by atoms with Crippen LogP contribution in [0.2, 0.25) is 0 Å². The molecule has 0 bridgehead atoms. The van der Waals surface area contributed by atoms with E-state index in [2.05, 4.69) is 64.0 Å². The predicted molar refractivity (Wildman–Crippen MR) is 377 cm³/mol. The van der Waals surface area contributed by atoms with Crippen LogP contribution in [0.1, 0.15) is 69.4 Å². The number of anilines is 4. The Morgan fingerprint density at radius 3 is 1.04 bits per heavy atom. The average Bonchev–Trinajstić information content (AvgIpc) is 1.47. The van der Waals surface area contributed by atoms with Crippen LogP contribution in [0.25, 0.3) is 0 Å². The molecule has 0 radical (unpaired) electrons. The lowest BCUT2D eigenvalue weighted by Crippen LogP contribution is -2.48. The summed E-state index contributed by atoms with van der Waals surface area (Å²) in [5.74, 6) is 0. The molecule has 6 heterocycles. The second kappa shape index (κ2) is 31.7. The maximum Gasteiger partial charge on any atom is 0.270 e. The maximum absolute atomic E-state index is 12.7. The number of hydrogen-bond acceptors (Lipinski definition) is 18. The van der Waals surface area contributed by atoms with Crippen molar-refractivity contribution in [3.63, 3.8) is 0 Å². The summed E-state index contributed by atoms with van der Waals surface area (Å²) in [7, 11) is -5.36. The van der Waals surface area contributed by atoms with E-state index in [0.717, 1.165) is 95.6 Å². The highest BCUT2D eigenvalue weighted by atomic mass is 79.9. The molecule has 484 valence electrons. The van der Waals surface area contributed by atoms with Gasteiger partial charge >= 0.3 is 0 Å². The summed E-state index contributed by atoms with van der Waals surface area (Å²) >= 11 is 9.87. The number of thiophene rings is 3. The van der Waals surface area contributed by atoms with Gasteiger partial charge in [-0.3, -0.25) is 5.41 Å². The molecule has 8 aromatic rings. The Bertz CT molecular complexity index is 3730. The van der Waals surface area contributed by atoms with Crippen LogP contribution in [-0.4, -0.2) is 133 Å². The summed E-state index contributed by atoms with van der Waals surface area (Å²) in [6.07, 6.45) is 0. The van der Waals surface area contributed by atoms with Crippen LogP contribution < -0.4 is 25.8 Å². The summed E-state index contributed by atoms with van der Waals surface area (Å²) in [6.45, 7) is 19.2. The normalized spacial score (nSPS) is 15.4. The zero-order valence-corrected chi connectivity index (χ0v) is 59.7. The quantitative estimate of drug-likeness (QED) is 0.0465. The van der Waals surface area contributed by atoms with Crippen LogP contribution >= 0.6 is 76.6 Å². The van der Waals surface area contributed by atoms with Gasteiger partial charge in [-0.25, -0.2) is 25.3 Å². The highest BCUT2D eigenvalue weighted by Gasteiger charge is 2.32. The molecule has 26 heteroatoms. The van der Waals surface area contributed by atoms with Crippen LogP contribution in [0.4, 0.5) is 22.1 Å². The number of sulfonamides is 2. The van der Waals surface area contributed by atoms with E-state index in [1.165, 1.54) is 27.4 Å². The van der Waals surface area contributed by atoms with E-state index in [1.54, 1.807) is 62.3 Å². The number of hydrogen-bond donors (Lipinski definition) is 6. The lowest BCUT2D eigenvalue weighted by molar-refractivity contribution is 0.0780. The molecule has 11 rings (SSSR count). The number of nitrogens with two attached hydrogens (primary N) is 1. The molecule has 0 atom stereocenters. The molecule has 3 fully saturated rings. The fourth-order valence-corrected chi connectivity index (χ4v) is 18.5. The second-order valence-corrected chi connectivity index (χ2v) is 35.8. The molecule has 3 aliphatic rings. The van der Waals surface area contributed by atoms with Crippen LogP contribution in [0, 0.1) is 5.41 Å². The molecular weight excluding hydrogens is 1410 g/mol. The van der Waals surface area contributed by atoms with Crippen LogP contribution in [0.3, 0.4) is 0 Å². The number of nitrogens with one attached hydrogen (secondary N) is 2. The third kappa shape index (κ3) is 20.7. The number of benzene rings is 5. The molecule has 3 saturated heterocycles. The number of nitrogens with zero attached hydrogens (tertiary/aromatic N) is 5. The first-order valence-corrected chi connectivity index (χ1v) is 38.0. The van der Waals surface area contributed by atoms with Gasteiger partial charge in [0.1, 0.15) is 12.6 Å². The zero-order valence-electron chi connectivity index (χ0n) is 50.8. The number of aliphatic hydroxyl groups is 3. The average molecular weight is 1490 g/mol. The van der Waals surface area contributed by atoms with E-state index in [9.17, 15) is 40.6 Å². The van der Waals surface area contributed by atoms with Gasteiger partial charge in [0.05, 0.1) is 35.1 Å². The first-order chi connectivity index (χ1) is 42.3. The highest BCUT2D eigenvalue weighted by molar-refractivity contribution is 9.11. The van der Waals surface area contributed by atoms with Crippen molar-refractivity contribution in [3.8, 4) is 0 Å². The Hall–Kier alpha value is -5.07. The molecule has 0 amide bonds. The minimum absolute atomic E-state index is 0.168. The van der Waals surface area contributed by atoms with Crippen molar-refractivity contribution in [2.24, 2.45) is 0 Å². The summed E-state index contributed by atoms with van der Waals surface area (Å²) in [4.78, 5) is 6.69. The molecule has 90 heavy (non-hydrogen) atoms. The van der Waals surface area contributed by atoms with Gasteiger partial charge in [0.2, 0.25) is 0 Å². The standard InChI is InChI=1S/C17H21BrN2O3S2.C17H23N3O3S2.C13H20N2O.C13H11N.C4H2BrClO2S2/c2*1-17(2,21)13-3-5-14(6-4-13)19-9-11-20(12-10-19)25(22,23)16-8-7-15(18)24-16;1-13(2,16)11-3-5-12(6-4-11)15-9-7-14-8-10-15;14-13(11-7-3-1-4-8-11)12-9-5-2-6-10-12;5-3-1-2-4(9-3)10(6,7)8/h3-8,21H,9-12H2,1-2H3;3-8,21H,9-12,18H2,1-2H3;3-6,14,16H,7-10H2,1-2H3;1-10,14H;1-2H. The minimum Gasteiger partial charge on any atom is -0.391 e. The van der Waals surface area contributed by atoms with Gasteiger partial charge in [0.15, 0.2) is 0 Å². The summed E-state index contributed by atoms with van der Waals surface area (Å²) in [5, 5.41) is 41.7. The first kappa shape index (κ1) is 72.4. The van der Waals surface area contributed by atoms with Crippen molar-refractivity contribution in [2.75, 3.05) is 99.0 Å². The van der Waals surface area contributed by atoms with Crippen molar-refractivity contribution >= 4 is 133 Å². The van der Waals surface area contributed by atoms with Crippen molar-refractivity contribution in [1.82, 2.24) is 13.9 Å². The third-order valence-electron chi connectivity index (χ3n) is 14.7. The largest absolute Gasteiger partial charge is 0.391 e. The van der Waals surface area contributed by atoms with Gasteiger partial charge in [-0.2, -0.15) is 8.61 Å². The summed E-state index contributed by atoms with van der Waals surface area (Å²) in [6, 6.07) is 53.0. The number of piperazine rings is 3. The van der Waals surface area contributed by atoms with Gasteiger partial charge in [-0.05, 0) is 174 Å². The van der Waals surface area contributed by atoms with E-state index in [1.807, 2.05) is 135 Å². The Balaban J connectivity index is 0.000000166. The first-order valence-electron chi connectivity index (χ1n) is 28.8. The van der Waals surface area contributed by atoms with Gasteiger partial charge < -0.3 is 41.1 Å². The monoisotopic (exact) mass is 1490 g/mol. The molecule has 17 nitrogen and oxygen atoms in total. The summed E-state index contributed by atoms with van der Waals surface area (Å²) in [5.41, 5.74) is 11.7. The van der Waals surface area contributed by atoms with Crippen LogP contribution in [-0.2, 0) is 45.9 Å². The second-order valence-electron chi connectivity index (χ2n) is 22.7. The predicted octanol–water partition coefficient (Wildman–Crippen LogP) is 12.2. The zero-order chi connectivity index (χ0) is 65.7. The molecule has 3 aromatic heterocycles. The molecule has 0 saturated carbocycles. The molecule has 3 aliphatic heterocycles. The van der Waals surface area contributed by atoms with Gasteiger partial charge in [0.25, 0.3) is 29.1 Å². The summed E-state index contributed by atoms with van der Waals surface area (Å²) < 4.78 is 77.3. The van der Waals surface area contributed by atoms with E-state index in [4.69, 9.17) is 21.8 Å². The SMILES string of the molecule is CC(C)(O)c1ccc(N2CCN(S(=O)(=O)c3ccc(Br)s3)CC2)cc1.CC(C)(O)c1ccc(N2CCN(S(=O)(=O)c3ccc(N)s3)CC2)cc1.CC(C)(O)c1ccc(N2CCNCC2)cc1.N=C(c1ccccc1)c1ccccc1.O=S(=O)(Cl)c1ccc(Br)s1. The van der Waals surface area contributed by atoms with E-state index < -0.39 is 45.9 Å². The van der Waals surface area contributed by atoms with Crippen LogP contribution in [0.5, 0.6) is 0 Å². The lowest BCUT2D eigenvalue weighted by atomic mass is 9.98. The van der Waals surface area contributed by atoms with Crippen LogP contribution in [0.15, 0.2) is 190 Å². The fourth-order valence-electron chi connectivity index (χ4n) is 9.51. The molecule has 0 aliphatic carbocycles. The topological polar surface area (TPSA) is 241 Å². The van der Waals surface area contributed by atoms with Gasteiger partial charge in [-0.1, -0.05) is 97.1 Å². The Labute approximate surface area is 563 Å².